The Hall–Kier alpha value is 2.74. The molecule has 0 aliphatic rings. The molecule has 0 aliphatic heterocycles. The van der Waals surface area contributed by atoms with E-state index in [4.69, 9.17) is 15.3 Å². The van der Waals surface area contributed by atoms with Gasteiger partial charge in [-0.25, -0.2) is 0 Å². The molecule has 8 N–H and O–H groups in total. The van der Waals surface area contributed by atoms with E-state index in [0.717, 1.165) is 0 Å². The molecule has 0 aromatic carbocycles. The molecular weight excluding hydrogens is 208 g/mol. The first-order chi connectivity index (χ1) is 2.27. The van der Waals surface area contributed by atoms with Gasteiger partial charge < -0.3 is 42.0 Å². The van der Waals surface area contributed by atoms with Crippen molar-refractivity contribution in [2.24, 2.45) is 0 Å². The van der Waals surface area contributed by atoms with E-state index in [0.29, 0.717) is 0 Å². The fourth-order valence-electron chi connectivity index (χ4n) is 0. The fraction of sp³-hybridized carbons (Fsp3) is 0. The Labute approximate surface area is 136 Å². The third kappa shape index (κ3) is 78.1. The van der Waals surface area contributed by atoms with E-state index in [9.17, 15) is 0 Å². The molecule has 0 fully saturated rings. The van der Waals surface area contributed by atoms with Crippen LogP contribution in [0.5, 0.6) is 0 Å². The molecule has 62 valence electrons. The predicted molar refractivity (Wildman–Crippen MR) is 21.3 cm³/mol. The van der Waals surface area contributed by atoms with Crippen LogP contribution in [0.2, 0.25) is 0 Å². The molecule has 0 atom stereocenters. The van der Waals surface area contributed by atoms with Gasteiger partial charge in [-0.2, -0.15) is 0 Å². The number of hydrogen-bond donors (Lipinski definition) is 0. The van der Waals surface area contributed by atoms with Crippen LogP contribution in [-0.2, 0) is 4.81 Å². The molecule has 0 unspecified atom stereocenters. The van der Waals surface area contributed by atoms with E-state index in [-0.39, 0.29) is 111 Å². The Morgan fingerprint density at radius 2 is 0.833 bits per heavy atom. The average molecular weight is 216 g/mol. The Morgan fingerprint density at radius 1 is 0.750 bits per heavy atom. The molecule has 12 heteroatoms. The molecule has 0 aromatic rings. The minimum atomic E-state index is -2.67. The van der Waals surface area contributed by atoms with Gasteiger partial charge in [0.15, 0.2) is 0 Å². The summed E-state index contributed by atoms with van der Waals surface area (Å²) in [6.07, 6.45) is 0. The molecule has 0 rings (SSSR count). The average Bonchev–Trinajstić information content (AvgIpc) is 1.38. The maximum atomic E-state index is 8.81. The zero-order valence-corrected chi connectivity index (χ0v) is 13.2. The van der Waals surface area contributed by atoms with Crippen LogP contribution < -0.4 is 104 Å². The van der Waals surface area contributed by atoms with Gasteiger partial charge in [0.25, 0.3) is 0 Å². The van der Waals surface area contributed by atoms with Gasteiger partial charge >= 0.3 is 88.7 Å². The topological polar surface area (TPSA) is 204 Å². The van der Waals surface area contributed by atoms with Crippen LogP contribution in [0.15, 0.2) is 0 Å². The fourth-order valence-corrected chi connectivity index (χ4v) is 0. The van der Waals surface area contributed by atoms with E-state index in [1.807, 2.05) is 0 Å². The van der Waals surface area contributed by atoms with Gasteiger partial charge in [-0.3, -0.25) is 0 Å². The molecule has 0 bridgehead atoms. The Morgan fingerprint density at radius 3 is 0.833 bits per heavy atom. The van der Waals surface area contributed by atoms with Crippen molar-refractivity contribution < 1.29 is 131 Å². The normalized spacial score (nSPS) is 3.25. The van der Waals surface area contributed by atoms with Crippen LogP contribution in [0.25, 0.3) is 0 Å². The molecular formula is H8BNa3O8. The second-order valence-corrected chi connectivity index (χ2v) is 0.385. The van der Waals surface area contributed by atoms with Crippen molar-refractivity contribution in [2.75, 3.05) is 0 Å². The quantitative estimate of drug-likeness (QED) is 0.237. The third-order valence-corrected chi connectivity index (χ3v) is 0.0786. The number of rotatable bonds is 1. The van der Waals surface area contributed by atoms with E-state index in [2.05, 4.69) is 4.81 Å². The Balaban J connectivity index is -0.00000000381. The molecule has 0 saturated heterocycles. The monoisotopic (exact) mass is 216 g/mol. The second kappa shape index (κ2) is 49.1. The Bertz CT molecular complexity index is 28.3. The van der Waals surface area contributed by atoms with Crippen molar-refractivity contribution in [3.8, 4) is 0 Å². The van der Waals surface area contributed by atoms with Gasteiger partial charge in [0.1, 0.15) is 0 Å². The summed E-state index contributed by atoms with van der Waals surface area (Å²) in [5, 5.41) is 26.1. The van der Waals surface area contributed by atoms with Gasteiger partial charge in [0, 0.05) is 7.32 Å². The minimum absolute atomic E-state index is 0. The predicted octanol–water partition coefficient (Wildman–Crippen LogP) is -16.3. The molecule has 0 aliphatic carbocycles. The Kier molecular flexibility index (Phi) is 250. The summed E-state index contributed by atoms with van der Waals surface area (Å²) < 4.78 is 0. The van der Waals surface area contributed by atoms with Crippen LogP contribution in [0.1, 0.15) is 0 Å². The van der Waals surface area contributed by atoms with Crippen molar-refractivity contribution in [2.45, 2.75) is 0 Å². The van der Waals surface area contributed by atoms with Crippen molar-refractivity contribution in [1.29, 1.82) is 0 Å². The standard InChI is InChI=1S/BHO4.3Na.4H2O/c2-1(3)5-4;;;;;;;/h4H;;;;4*1H2/q-2;3*+1;;;;/p-1. The van der Waals surface area contributed by atoms with Crippen molar-refractivity contribution in [3.63, 3.8) is 0 Å². The first kappa shape index (κ1) is 61.2. The summed E-state index contributed by atoms with van der Waals surface area (Å²) in [6, 6.07) is 0. The zero-order chi connectivity index (χ0) is 4.28. The van der Waals surface area contributed by atoms with Crippen LogP contribution in [0.4, 0.5) is 0 Å². The molecule has 0 aromatic heterocycles. The summed E-state index contributed by atoms with van der Waals surface area (Å²) >= 11 is 0. The van der Waals surface area contributed by atoms with Crippen LogP contribution in [-0.4, -0.2) is 29.2 Å². The second-order valence-electron chi connectivity index (χ2n) is 0.385. The molecule has 12 heavy (non-hydrogen) atoms. The van der Waals surface area contributed by atoms with Crippen molar-refractivity contribution >= 4 is 7.32 Å². The maximum absolute atomic E-state index is 8.81. The molecule has 0 radical (unpaired) electrons. The summed E-state index contributed by atoms with van der Waals surface area (Å²) in [4.78, 5) is 2.39. The molecule has 0 saturated carbocycles. The molecule has 0 spiro atoms. The van der Waals surface area contributed by atoms with Gasteiger partial charge in [-0.05, 0) is 0 Å². The van der Waals surface area contributed by atoms with Gasteiger partial charge in [0.05, 0.1) is 0 Å². The van der Waals surface area contributed by atoms with Crippen LogP contribution >= 0.6 is 0 Å². The van der Waals surface area contributed by atoms with Gasteiger partial charge in [0.2, 0.25) is 0 Å². The van der Waals surface area contributed by atoms with E-state index in [1.54, 1.807) is 0 Å². The van der Waals surface area contributed by atoms with Crippen LogP contribution in [0.3, 0.4) is 0 Å². The van der Waals surface area contributed by atoms with Gasteiger partial charge in [-0.15, -0.1) is 0 Å². The minimum Gasteiger partial charge on any atom is -0.871 e. The largest absolute Gasteiger partial charge is 1.00 e. The van der Waals surface area contributed by atoms with E-state index in [1.165, 1.54) is 0 Å². The number of hydrogen-bond acceptors (Lipinski definition) is 4. The van der Waals surface area contributed by atoms with Gasteiger partial charge in [-0.1, -0.05) is 0 Å². The van der Waals surface area contributed by atoms with Crippen molar-refractivity contribution in [1.82, 2.24) is 0 Å². The van der Waals surface area contributed by atoms with Crippen LogP contribution in [0, 0.1) is 0 Å². The summed E-state index contributed by atoms with van der Waals surface area (Å²) in [5.41, 5.74) is 0. The van der Waals surface area contributed by atoms with E-state index < -0.39 is 7.32 Å². The van der Waals surface area contributed by atoms with Crippen molar-refractivity contribution in [3.05, 3.63) is 0 Å². The summed E-state index contributed by atoms with van der Waals surface area (Å²) in [6.45, 7) is 0. The molecule has 8 nitrogen and oxygen atoms in total. The SMILES string of the molecule is O.O.O.O.[Na+].[Na+].[Na+].[O-]OB([O-])[O-]. The summed E-state index contributed by atoms with van der Waals surface area (Å²) in [5.74, 6) is 0. The smallest absolute Gasteiger partial charge is 0.871 e. The summed E-state index contributed by atoms with van der Waals surface area (Å²) in [7, 11) is -2.67. The first-order valence-electron chi connectivity index (χ1n) is 0.874. The third-order valence-electron chi connectivity index (χ3n) is 0.0786. The molecule has 0 heterocycles. The van der Waals surface area contributed by atoms with E-state index >= 15 is 0 Å². The molecule has 0 amide bonds. The first-order valence-corrected chi connectivity index (χ1v) is 0.874. The maximum Gasteiger partial charge on any atom is 1.00 e. The zero-order valence-electron chi connectivity index (χ0n) is 7.21.